The molecule has 18 heavy (non-hydrogen) atoms. The highest BCUT2D eigenvalue weighted by atomic mass is 32.2. The molecule has 2 N–H and O–H groups in total. The number of hydrogen-bond acceptors (Lipinski definition) is 4. The van der Waals surface area contributed by atoms with Crippen molar-refractivity contribution in [2.75, 3.05) is 11.8 Å². The molecule has 98 valence electrons. The Bertz CT molecular complexity index is 534. The second kappa shape index (κ2) is 6.38. The van der Waals surface area contributed by atoms with E-state index in [0.717, 1.165) is 5.56 Å². The summed E-state index contributed by atoms with van der Waals surface area (Å²) in [6.07, 6.45) is 0.266. The molecule has 0 aromatic heterocycles. The van der Waals surface area contributed by atoms with E-state index in [-0.39, 0.29) is 6.42 Å². The van der Waals surface area contributed by atoms with Crippen LogP contribution in [0.1, 0.15) is 18.9 Å². The number of anilines is 1. The molecule has 0 fully saturated rings. The van der Waals surface area contributed by atoms with Crippen molar-refractivity contribution in [3.8, 4) is 6.07 Å². The van der Waals surface area contributed by atoms with Crippen molar-refractivity contribution >= 4 is 15.7 Å². The number of nitrogens with zero attached hydrogens (tertiary/aromatic N) is 1. The van der Waals surface area contributed by atoms with Gasteiger partial charge in [0.05, 0.1) is 6.07 Å². The molecule has 0 bridgehead atoms. The molecule has 0 saturated heterocycles. The third-order valence-electron chi connectivity index (χ3n) is 2.46. The lowest BCUT2D eigenvalue weighted by Gasteiger charge is -2.12. The maximum atomic E-state index is 11.9. The fourth-order valence-electron chi connectivity index (χ4n) is 1.56. The fraction of sp³-hybridized carbons (Fsp3) is 0.417. The Morgan fingerprint density at radius 2 is 2.17 bits per heavy atom. The van der Waals surface area contributed by atoms with Gasteiger partial charge >= 0.3 is 0 Å². The molecule has 0 radical (unpaired) electrons. The quantitative estimate of drug-likeness (QED) is 0.817. The number of nitriles is 1. The molecule has 1 atom stereocenters. The monoisotopic (exact) mass is 267 g/mol. The van der Waals surface area contributed by atoms with Crippen LogP contribution in [0.2, 0.25) is 0 Å². The van der Waals surface area contributed by atoms with E-state index >= 15 is 0 Å². The van der Waals surface area contributed by atoms with E-state index in [1.54, 1.807) is 31.2 Å². The van der Waals surface area contributed by atoms with Crippen LogP contribution in [0.15, 0.2) is 24.3 Å². The van der Waals surface area contributed by atoms with E-state index in [9.17, 15) is 8.42 Å². The zero-order valence-electron chi connectivity index (χ0n) is 10.5. The summed E-state index contributed by atoms with van der Waals surface area (Å²) < 4.78 is 26.2. The lowest BCUT2D eigenvalue weighted by Crippen LogP contribution is -2.26. The fourth-order valence-corrected chi connectivity index (χ4v) is 2.74. The first kappa shape index (κ1) is 14.5. The molecule has 0 heterocycles. The van der Waals surface area contributed by atoms with E-state index in [0.29, 0.717) is 12.2 Å². The summed E-state index contributed by atoms with van der Waals surface area (Å²) in [4.78, 5) is 0. The third kappa shape index (κ3) is 3.72. The summed E-state index contributed by atoms with van der Waals surface area (Å²) in [7, 11) is -1.82. The van der Waals surface area contributed by atoms with Crippen molar-refractivity contribution in [3.05, 3.63) is 29.8 Å². The summed E-state index contributed by atoms with van der Waals surface area (Å²) in [6.45, 7) is 2.33. The number of nitrogens with one attached hydrogen (secondary N) is 2. The predicted molar refractivity (Wildman–Crippen MR) is 71.4 cm³/mol. The van der Waals surface area contributed by atoms with E-state index < -0.39 is 15.3 Å². The lowest BCUT2D eigenvalue weighted by molar-refractivity contribution is 0.593. The van der Waals surface area contributed by atoms with Crippen molar-refractivity contribution in [1.82, 2.24) is 5.32 Å². The van der Waals surface area contributed by atoms with Gasteiger partial charge in [-0.2, -0.15) is 5.26 Å². The lowest BCUT2D eigenvalue weighted by atomic mass is 10.2. The van der Waals surface area contributed by atoms with Crippen molar-refractivity contribution in [2.45, 2.75) is 25.1 Å². The molecule has 1 unspecified atom stereocenters. The van der Waals surface area contributed by atoms with Gasteiger partial charge in [-0.3, -0.25) is 4.72 Å². The molecule has 0 aliphatic heterocycles. The first-order valence-corrected chi connectivity index (χ1v) is 7.23. The standard InChI is InChI=1S/C12H17N3O2S/c1-3-12(8-13)18(16,17)15-11-6-4-5-10(7-11)9-14-2/h4-7,12,14-15H,3,9H2,1-2H3. The summed E-state index contributed by atoms with van der Waals surface area (Å²) in [5, 5.41) is 10.8. The number of hydrogen-bond donors (Lipinski definition) is 2. The Labute approximate surface area is 108 Å². The van der Waals surface area contributed by atoms with Crippen LogP contribution in [-0.4, -0.2) is 20.7 Å². The second-order valence-electron chi connectivity index (χ2n) is 3.90. The SMILES string of the molecule is CCC(C#N)S(=O)(=O)Nc1cccc(CNC)c1. The summed E-state index contributed by atoms with van der Waals surface area (Å²) >= 11 is 0. The zero-order chi connectivity index (χ0) is 13.6. The Balaban J connectivity index is 2.91. The van der Waals surface area contributed by atoms with Crippen LogP contribution in [0.5, 0.6) is 0 Å². The zero-order valence-corrected chi connectivity index (χ0v) is 11.3. The van der Waals surface area contributed by atoms with Gasteiger partial charge in [0.2, 0.25) is 10.0 Å². The van der Waals surface area contributed by atoms with Gasteiger partial charge in [-0.05, 0) is 31.2 Å². The van der Waals surface area contributed by atoms with E-state index in [4.69, 9.17) is 5.26 Å². The Hall–Kier alpha value is -1.58. The highest BCUT2D eigenvalue weighted by Gasteiger charge is 2.23. The van der Waals surface area contributed by atoms with E-state index in [2.05, 4.69) is 10.0 Å². The molecule has 0 aliphatic carbocycles. The predicted octanol–water partition coefficient (Wildman–Crippen LogP) is 1.45. The molecule has 0 amide bonds. The first-order valence-electron chi connectivity index (χ1n) is 5.68. The Morgan fingerprint density at radius 1 is 1.44 bits per heavy atom. The summed E-state index contributed by atoms with van der Waals surface area (Å²) in [5.74, 6) is 0. The van der Waals surface area contributed by atoms with Crippen molar-refractivity contribution in [3.63, 3.8) is 0 Å². The minimum Gasteiger partial charge on any atom is -0.316 e. The molecule has 1 aromatic carbocycles. The molecule has 6 heteroatoms. The van der Waals surface area contributed by atoms with Crippen LogP contribution in [0.4, 0.5) is 5.69 Å². The molecular formula is C12H17N3O2S. The van der Waals surface area contributed by atoms with Gasteiger partial charge in [-0.25, -0.2) is 8.42 Å². The van der Waals surface area contributed by atoms with Crippen molar-refractivity contribution < 1.29 is 8.42 Å². The number of benzene rings is 1. The Morgan fingerprint density at radius 3 is 2.72 bits per heavy atom. The molecule has 0 saturated carbocycles. The Kier molecular flexibility index (Phi) is 5.13. The molecule has 5 nitrogen and oxygen atoms in total. The minimum absolute atomic E-state index is 0.266. The first-order chi connectivity index (χ1) is 8.53. The average molecular weight is 267 g/mol. The summed E-state index contributed by atoms with van der Waals surface area (Å²) in [5.41, 5.74) is 1.46. The van der Waals surface area contributed by atoms with Crippen molar-refractivity contribution in [1.29, 1.82) is 5.26 Å². The maximum absolute atomic E-state index is 11.9. The summed E-state index contributed by atoms with van der Waals surface area (Å²) in [6, 6.07) is 8.88. The minimum atomic E-state index is -3.64. The molecule has 0 spiro atoms. The third-order valence-corrected chi connectivity index (χ3v) is 4.17. The van der Waals surface area contributed by atoms with Gasteiger partial charge in [-0.1, -0.05) is 19.1 Å². The van der Waals surface area contributed by atoms with Crippen LogP contribution in [-0.2, 0) is 16.6 Å². The second-order valence-corrected chi connectivity index (χ2v) is 5.77. The highest BCUT2D eigenvalue weighted by molar-refractivity contribution is 7.93. The molecule has 0 aliphatic rings. The molecular weight excluding hydrogens is 250 g/mol. The van der Waals surface area contributed by atoms with Gasteiger partial charge in [0.25, 0.3) is 0 Å². The van der Waals surface area contributed by atoms with E-state index in [1.807, 2.05) is 13.1 Å². The number of sulfonamides is 1. The molecule has 1 aromatic rings. The van der Waals surface area contributed by atoms with Gasteiger partial charge in [0, 0.05) is 12.2 Å². The van der Waals surface area contributed by atoms with Crippen LogP contribution in [0, 0.1) is 11.3 Å². The smallest absolute Gasteiger partial charge is 0.249 e. The maximum Gasteiger partial charge on any atom is 0.249 e. The van der Waals surface area contributed by atoms with Crippen LogP contribution in [0.25, 0.3) is 0 Å². The van der Waals surface area contributed by atoms with Gasteiger partial charge in [0.1, 0.15) is 0 Å². The van der Waals surface area contributed by atoms with Gasteiger partial charge < -0.3 is 5.32 Å². The van der Waals surface area contributed by atoms with Crippen molar-refractivity contribution in [2.24, 2.45) is 0 Å². The molecule has 1 rings (SSSR count). The van der Waals surface area contributed by atoms with E-state index in [1.165, 1.54) is 0 Å². The highest BCUT2D eigenvalue weighted by Crippen LogP contribution is 2.15. The largest absolute Gasteiger partial charge is 0.316 e. The normalized spacial score (nSPS) is 12.7. The van der Waals surface area contributed by atoms with Gasteiger partial charge in [-0.15, -0.1) is 0 Å². The topological polar surface area (TPSA) is 82.0 Å². The number of rotatable bonds is 6. The van der Waals surface area contributed by atoms with Crippen LogP contribution in [0.3, 0.4) is 0 Å². The average Bonchev–Trinajstić information content (AvgIpc) is 2.30. The van der Waals surface area contributed by atoms with Gasteiger partial charge in [0.15, 0.2) is 5.25 Å². The van der Waals surface area contributed by atoms with Crippen LogP contribution >= 0.6 is 0 Å². The van der Waals surface area contributed by atoms with Crippen LogP contribution < -0.4 is 10.0 Å².